The van der Waals surface area contributed by atoms with E-state index in [0.29, 0.717) is 13.1 Å². The van der Waals surface area contributed by atoms with Crippen LogP contribution in [0.15, 0.2) is 16.9 Å². The van der Waals surface area contributed by atoms with Gasteiger partial charge < -0.3 is 14.4 Å². The minimum atomic E-state index is -0.0188. The van der Waals surface area contributed by atoms with Gasteiger partial charge in [-0.25, -0.2) is 0 Å². The van der Waals surface area contributed by atoms with Crippen molar-refractivity contribution in [3.05, 3.63) is 38.8 Å². The second kappa shape index (κ2) is 6.72. The normalized spacial score (nSPS) is 15.0. The molecule has 1 aliphatic rings. The number of anilines is 1. The van der Waals surface area contributed by atoms with Gasteiger partial charge in [0, 0.05) is 49.7 Å². The van der Waals surface area contributed by atoms with Gasteiger partial charge in [0.1, 0.15) is 11.6 Å². The molecule has 0 aliphatic carbocycles. The third-order valence-corrected chi connectivity index (χ3v) is 5.16. The first kappa shape index (κ1) is 16.6. The summed E-state index contributed by atoms with van der Waals surface area (Å²) in [7, 11) is 0. The zero-order valence-electron chi connectivity index (χ0n) is 14.2. The average molecular weight is 347 g/mol. The molecule has 3 heterocycles. The Morgan fingerprint density at radius 1 is 1.08 bits per heavy atom. The molecular weight excluding hydrogens is 326 g/mol. The van der Waals surface area contributed by atoms with Gasteiger partial charge in [0.2, 0.25) is 11.0 Å². The van der Waals surface area contributed by atoms with Gasteiger partial charge in [0.05, 0.1) is 0 Å². The number of aryl methyl sites for hydroxylation is 3. The molecule has 2 aromatic heterocycles. The fraction of sp³-hybridized carbons (Fsp3) is 0.500. The van der Waals surface area contributed by atoms with Crippen molar-refractivity contribution >= 4 is 22.4 Å². The van der Waals surface area contributed by atoms with Crippen LogP contribution in [0.3, 0.4) is 0 Å². The lowest BCUT2D eigenvalue weighted by Crippen LogP contribution is -2.49. The van der Waals surface area contributed by atoms with Crippen molar-refractivity contribution in [2.75, 3.05) is 31.1 Å². The Morgan fingerprint density at radius 2 is 1.71 bits per heavy atom. The predicted molar refractivity (Wildman–Crippen MR) is 93.6 cm³/mol. The molecule has 0 bridgehead atoms. The molecule has 0 N–H and O–H groups in total. The highest BCUT2D eigenvalue weighted by molar-refractivity contribution is 7.15. The van der Waals surface area contributed by atoms with Gasteiger partial charge in [-0.2, -0.15) is 0 Å². The highest BCUT2D eigenvalue weighted by Gasteiger charge is 2.23. The molecule has 1 saturated heterocycles. The van der Waals surface area contributed by atoms with Gasteiger partial charge in [-0.3, -0.25) is 9.59 Å². The summed E-state index contributed by atoms with van der Waals surface area (Å²) in [6.45, 7) is 8.82. The molecule has 128 valence electrons. The van der Waals surface area contributed by atoms with E-state index in [4.69, 9.17) is 0 Å². The van der Waals surface area contributed by atoms with Gasteiger partial charge in [-0.15, -0.1) is 10.2 Å². The van der Waals surface area contributed by atoms with Crippen LogP contribution in [0.5, 0.6) is 0 Å². The average Bonchev–Trinajstić information content (AvgIpc) is 2.97. The quantitative estimate of drug-likeness (QED) is 0.827. The number of carbonyl (C=O) groups excluding carboxylic acids is 1. The highest BCUT2D eigenvalue weighted by atomic mass is 32.1. The van der Waals surface area contributed by atoms with E-state index in [9.17, 15) is 9.59 Å². The number of hydrogen-bond acceptors (Lipinski definition) is 6. The zero-order valence-corrected chi connectivity index (χ0v) is 15.0. The smallest absolute Gasteiger partial charge is 0.242 e. The van der Waals surface area contributed by atoms with Gasteiger partial charge >= 0.3 is 0 Å². The van der Waals surface area contributed by atoms with E-state index < -0.39 is 0 Å². The largest absolute Gasteiger partial charge is 0.343 e. The molecule has 1 amide bonds. The van der Waals surface area contributed by atoms with Crippen LogP contribution in [-0.2, 0) is 11.3 Å². The molecule has 0 saturated carbocycles. The summed E-state index contributed by atoms with van der Waals surface area (Å²) in [4.78, 5) is 28.1. The Bertz CT molecular complexity index is 779. The molecule has 0 atom stereocenters. The van der Waals surface area contributed by atoms with Gasteiger partial charge in [0.15, 0.2) is 5.43 Å². The third-order valence-electron chi connectivity index (χ3n) is 4.27. The van der Waals surface area contributed by atoms with Crippen LogP contribution >= 0.6 is 11.3 Å². The number of amides is 1. The van der Waals surface area contributed by atoms with E-state index in [1.807, 2.05) is 30.2 Å². The second-order valence-corrected chi connectivity index (χ2v) is 7.19. The molecule has 0 spiro atoms. The van der Waals surface area contributed by atoms with Crippen molar-refractivity contribution in [3.63, 3.8) is 0 Å². The van der Waals surface area contributed by atoms with Gasteiger partial charge in [-0.05, 0) is 20.8 Å². The summed E-state index contributed by atoms with van der Waals surface area (Å²) in [6, 6.07) is 3.13. The molecule has 1 fully saturated rings. The second-order valence-electron chi connectivity index (χ2n) is 6.03. The van der Waals surface area contributed by atoms with E-state index in [1.165, 1.54) is 0 Å². The molecular formula is C16H21N5O2S. The van der Waals surface area contributed by atoms with E-state index in [0.717, 1.165) is 34.6 Å². The first-order valence-electron chi connectivity index (χ1n) is 7.95. The standard InChI is InChI=1S/C16H21N5O2S/c1-11-8-14(22)9-12(2)21(11)10-15(23)19-4-6-20(7-5-19)16-18-17-13(3)24-16/h8-9H,4-7,10H2,1-3H3. The van der Waals surface area contributed by atoms with E-state index in [-0.39, 0.29) is 17.9 Å². The first-order valence-corrected chi connectivity index (χ1v) is 8.76. The molecule has 0 aromatic carbocycles. The minimum Gasteiger partial charge on any atom is -0.343 e. The van der Waals surface area contributed by atoms with Gasteiger partial charge in [-0.1, -0.05) is 11.3 Å². The number of piperazine rings is 1. The van der Waals surface area contributed by atoms with Crippen molar-refractivity contribution in [2.24, 2.45) is 0 Å². The van der Waals surface area contributed by atoms with Crippen LogP contribution in [-0.4, -0.2) is 51.8 Å². The summed E-state index contributed by atoms with van der Waals surface area (Å²) in [6.07, 6.45) is 0. The summed E-state index contributed by atoms with van der Waals surface area (Å²) in [5.41, 5.74) is 1.61. The topological polar surface area (TPSA) is 71.3 Å². The van der Waals surface area contributed by atoms with Crippen molar-refractivity contribution in [1.82, 2.24) is 19.7 Å². The van der Waals surface area contributed by atoms with E-state index >= 15 is 0 Å². The molecule has 24 heavy (non-hydrogen) atoms. The maximum atomic E-state index is 12.6. The highest BCUT2D eigenvalue weighted by Crippen LogP contribution is 2.20. The monoisotopic (exact) mass is 347 g/mol. The number of carbonyl (C=O) groups is 1. The maximum Gasteiger partial charge on any atom is 0.242 e. The Morgan fingerprint density at radius 3 is 2.25 bits per heavy atom. The first-order chi connectivity index (χ1) is 11.4. The molecule has 3 rings (SSSR count). The molecule has 0 radical (unpaired) electrons. The van der Waals surface area contributed by atoms with Crippen LogP contribution in [0.25, 0.3) is 0 Å². The lowest BCUT2D eigenvalue weighted by atomic mass is 10.2. The number of nitrogens with zero attached hydrogens (tertiary/aromatic N) is 5. The van der Waals surface area contributed by atoms with Gasteiger partial charge in [0.25, 0.3) is 0 Å². The summed E-state index contributed by atoms with van der Waals surface area (Å²) < 4.78 is 1.89. The van der Waals surface area contributed by atoms with E-state index in [1.54, 1.807) is 23.5 Å². The van der Waals surface area contributed by atoms with Crippen molar-refractivity contribution < 1.29 is 4.79 Å². The fourth-order valence-corrected chi connectivity index (χ4v) is 3.67. The number of hydrogen-bond donors (Lipinski definition) is 0. The van der Waals surface area contributed by atoms with Crippen LogP contribution in [0.4, 0.5) is 5.13 Å². The minimum absolute atomic E-state index is 0.0188. The summed E-state index contributed by atoms with van der Waals surface area (Å²) in [5, 5.41) is 10.1. The summed E-state index contributed by atoms with van der Waals surface area (Å²) in [5.74, 6) is 0.0814. The maximum absolute atomic E-state index is 12.6. The fourth-order valence-electron chi connectivity index (χ4n) is 2.93. The molecule has 7 nitrogen and oxygen atoms in total. The molecule has 1 aliphatic heterocycles. The van der Waals surface area contributed by atoms with Crippen molar-refractivity contribution in [1.29, 1.82) is 0 Å². The molecule has 2 aromatic rings. The molecule has 0 unspecified atom stereocenters. The van der Waals surface area contributed by atoms with Crippen LogP contribution < -0.4 is 10.3 Å². The Hall–Kier alpha value is -2.22. The van der Waals surface area contributed by atoms with Crippen LogP contribution in [0.2, 0.25) is 0 Å². The van der Waals surface area contributed by atoms with Crippen molar-refractivity contribution in [3.8, 4) is 0 Å². The predicted octanol–water partition coefficient (Wildman–Crippen LogP) is 0.974. The number of rotatable bonds is 3. The lowest BCUT2D eigenvalue weighted by molar-refractivity contribution is -0.132. The Balaban J connectivity index is 1.62. The Labute approximate surface area is 144 Å². The SMILES string of the molecule is Cc1nnc(N2CCN(C(=O)Cn3c(C)cc(=O)cc3C)CC2)s1. The number of pyridine rings is 1. The molecule has 8 heteroatoms. The van der Waals surface area contributed by atoms with Crippen molar-refractivity contribution in [2.45, 2.75) is 27.3 Å². The third kappa shape index (κ3) is 3.48. The number of aromatic nitrogens is 3. The summed E-state index contributed by atoms with van der Waals surface area (Å²) >= 11 is 1.58. The lowest BCUT2D eigenvalue weighted by Gasteiger charge is -2.34. The zero-order chi connectivity index (χ0) is 17.3. The van der Waals surface area contributed by atoms with Crippen LogP contribution in [0.1, 0.15) is 16.4 Å². The van der Waals surface area contributed by atoms with E-state index in [2.05, 4.69) is 15.1 Å². The van der Waals surface area contributed by atoms with Crippen LogP contribution in [0, 0.1) is 20.8 Å². The Kier molecular flexibility index (Phi) is 4.66.